The van der Waals surface area contributed by atoms with Gasteiger partial charge in [-0.05, 0) is 55.5 Å². The van der Waals surface area contributed by atoms with Gasteiger partial charge >= 0.3 is 0 Å². The van der Waals surface area contributed by atoms with Crippen LogP contribution in [-0.2, 0) is 22.9 Å². The number of unbranched alkanes of at least 4 members (excludes halogenated alkanes) is 1. The van der Waals surface area contributed by atoms with E-state index < -0.39 is 10.0 Å². The fraction of sp³-hybridized carbons (Fsp3) is 0.600. The van der Waals surface area contributed by atoms with Gasteiger partial charge in [0.05, 0.1) is 4.90 Å². The van der Waals surface area contributed by atoms with Crippen molar-refractivity contribution in [2.45, 2.75) is 43.5 Å². The van der Waals surface area contributed by atoms with Crippen LogP contribution in [0.1, 0.15) is 30.9 Å². The van der Waals surface area contributed by atoms with E-state index in [9.17, 15) is 8.42 Å². The molecule has 1 aromatic carbocycles. The molecule has 118 valence electrons. The van der Waals surface area contributed by atoms with Crippen LogP contribution in [0.4, 0.5) is 0 Å². The first-order valence-corrected chi connectivity index (χ1v) is 9.09. The Morgan fingerprint density at radius 2 is 1.95 bits per heavy atom. The number of rotatable bonds is 8. The molecule has 0 saturated carbocycles. The fourth-order valence-electron chi connectivity index (χ4n) is 2.37. The minimum Gasteiger partial charge on any atom is -0.330 e. The second-order valence-electron chi connectivity index (χ2n) is 5.56. The summed E-state index contributed by atoms with van der Waals surface area (Å²) in [6.45, 7) is 4.12. The second kappa shape index (κ2) is 7.35. The molecule has 6 heteroatoms. The maximum Gasteiger partial charge on any atom is 0.240 e. The molecule has 4 N–H and O–H groups in total. The highest BCUT2D eigenvalue weighted by Gasteiger charge is 2.24. The standard InChI is InChI=1S/C15H25N3O2S/c1-2-12-7-13(5-3-4-6-16)9-15(8-12)21(19,20)18-14-10-17-11-14/h7-9,14,17-18H,2-6,10-11,16H2,1H3. The molecule has 21 heavy (non-hydrogen) atoms. The summed E-state index contributed by atoms with van der Waals surface area (Å²) in [4.78, 5) is 0.386. The van der Waals surface area contributed by atoms with Gasteiger partial charge in [-0.15, -0.1) is 0 Å². The molecule has 0 amide bonds. The molecule has 0 atom stereocenters. The number of aryl methyl sites for hydroxylation is 2. The van der Waals surface area contributed by atoms with Gasteiger partial charge in [-0.2, -0.15) is 0 Å². The first-order valence-electron chi connectivity index (χ1n) is 7.61. The van der Waals surface area contributed by atoms with Crippen LogP contribution >= 0.6 is 0 Å². The van der Waals surface area contributed by atoms with E-state index in [1.54, 1.807) is 12.1 Å². The Bertz CT molecular complexity index is 568. The van der Waals surface area contributed by atoms with Crippen LogP contribution in [0, 0.1) is 0 Å². The molecule has 2 rings (SSSR count). The molecule has 0 bridgehead atoms. The van der Waals surface area contributed by atoms with E-state index in [0.717, 1.165) is 36.8 Å². The zero-order chi connectivity index (χ0) is 15.3. The lowest BCUT2D eigenvalue weighted by molar-refractivity contribution is 0.410. The SMILES string of the molecule is CCc1cc(CCCCN)cc(S(=O)(=O)NC2CNC2)c1. The van der Waals surface area contributed by atoms with Crippen LogP contribution in [0.2, 0.25) is 0 Å². The molecule has 0 aliphatic carbocycles. The Morgan fingerprint density at radius 3 is 2.52 bits per heavy atom. The molecular weight excluding hydrogens is 286 g/mol. The minimum atomic E-state index is -3.42. The highest BCUT2D eigenvalue weighted by Crippen LogP contribution is 2.18. The lowest BCUT2D eigenvalue weighted by Gasteiger charge is -2.27. The van der Waals surface area contributed by atoms with Crippen molar-refractivity contribution in [1.29, 1.82) is 0 Å². The van der Waals surface area contributed by atoms with Gasteiger partial charge in [-0.3, -0.25) is 0 Å². The topological polar surface area (TPSA) is 84.2 Å². The lowest BCUT2D eigenvalue weighted by atomic mass is 10.0. The summed E-state index contributed by atoms with van der Waals surface area (Å²) in [6.07, 6.45) is 3.66. The van der Waals surface area contributed by atoms with Crippen molar-refractivity contribution in [3.05, 3.63) is 29.3 Å². The summed E-state index contributed by atoms with van der Waals surface area (Å²) >= 11 is 0. The van der Waals surface area contributed by atoms with Crippen LogP contribution in [0.15, 0.2) is 23.1 Å². The Morgan fingerprint density at radius 1 is 1.24 bits per heavy atom. The maximum absolute atomic E-state index is 12.4. The van der Waals surface area contributed by atoms with Crippen molar-refractivity contribution in [3.8, 4) is 0 Å². The van der Waals surface area contributed by atoms with E-state index in [1.165, 1.54) is 0 Å². The number of benzene rings is 1. The van der Waals surface area contributed by atoms with Gasteiger partial charge in [0.1, 0.15) is 0 Å². The quantitative estimate of drug-likeness (QED) is 0.620. The molecule has 5 nitrogen and oxygen atoms in total. The van der Waals surface area contributed by atoms with Crippen molar-refractivity contribution in [1.82, 2.24) is 10.0 Å². The molecular formula is C15H25N3O2S. The minimum absolute atomic E-state index is 0.0148. The molecule has 1 aliphatic rings. The van der Waals surface area contributed by atoms with Gasteiger partial charge in [0.25, 0.3) is 0 Å². The molecule has 1 saturated heterocycles. The van der Waals surface area contributed by atoms with Crippen LogP contribution in [0.25, 0.3) is 0 Å². The predicted octanol–water partition coefficient (Wildman–Crippen LogP) is 0.781. The first kappa shape index (κ1) is 16.4. The Kier molecular flexibility index (Phi) is 5.75. The highest BCUT2D eigenvalue weighted by molar-refractivity contribution is 7.89. The molecule has 0 radical (unpaired) electrons. The van der Waals surface area contributed by atoms with Crippen LogP contribution < -0.4 is 15.8 Å². The number of nitrogens with two attached hydrogens (primary N) is 1. The fourth-order valence-corrected chi connectivity index (χ4v) is 3.72. The van der Waals surface area contributed by atoms with Crippen LogP contribution in [0.5, 0.6) is 0 Å². The number of hydrogen-bond donors (Lipinski definition) is 3. The van der Waals surface area contributed by atoms with E-state index in [2.05, 4.69) is 16.1 Å². The predicted molar refractivity (Wildman–Crippen MR) is 84.8 cm³/mol. The van der Waals surface area contributed by atoms with Crippen LogP contribution in [0.3, 0.4) is 0 Å². The second-order valence-corrected chi connectivity index (χ2v) is 7.27. The summed E-state index contributed by atoms with van der Waals surface area (Å²) < 4.78 is 27.6. The number of hydrogen-bond acceptors (Lipinski definition) is 4. The maximum atomic E-state index is 12.4. The largest absolute Gasteiger partial charge is 0.330 e. The van der Waals surface area contributed by atoms with Gasteiger partial charge < -0.3 is 11.1 Å². The number of sulfonamides is 1. The first-order chi connectivity index (χ1) is 10.0. The van der Waals surface area contributed by atoms with Gasteiger partial charge in [-0.25, -0.2) is 13.1 Å². The molecule has 0 aromatic heterocycles. The van der Waals surface area contributed by atoms with Crippen LogP contribution in [-0.4, -0.2) is 34.1 Å². The van der Waals surface area contributed by atoms with E-state index in [1.807, 2.05) is 6.92 Å². The van der Waals surface area contributed by atoms with E-state index in [0.29, 0.717) is 24.5 Å². The van der Waals surface area contributed by atoms with Gasteiger partial charge in [-0.1, -0.05) is 13.0 Å². The lowest BCUT2D eigenvalue weighted by Crippen LogP contribution is -2.56. The summed E-state index contributed by atoms with van der Waals surface area (Å²) in [7, 11) is -3.42. The van der Waals surface area contributed by atoms with E-state index in [-0.39, 0.29) is 6.04 Å². The normalized spacial score (nSPS) is 15.9. The van der Waals surface area contributed by atoms with E-state index in [4.69, 9.17) is 5.73 Å². The summed E-state index contributed by atoms with van der Waals surface area (Å²) in [5.74, 6) is 0. The van der Waals surface area contributed by atoms with Crippen molar-refractivity contribution >= 4 is 10.0 Å². The summed E-state index contributed by atoms with van der Waals surface area (Å²) in [5, 5.41) is 3.06. The van der Waals surface area contributed by atoms with Crippen molar-refractivity contribution in [2.75, 3.05) is 19.6 Å². The average Bonchev–Trinajstić information content (AvgIpc) is 2.43. The Balaban J connectivity index is 2.18. The molecule has 0 spiro atoms. The van der Waals surface area contributed by atoms with Gasteiger partial charge in [0, 0.05) is 19.1 Å². The Hall–Kier alpha value is -0.950. The highest BCUT2D eigenvalue weighted by atomic mass is 32.2. The zero-order valence-corrected chi connectivity index (χ0v) is 13.4. The van der Waals surface area contributed by atoms with Crippen molar-refractivity contribution in [3.63, 3.8) is 0 Å². The van der Waals surface area contributed by atoms with Crippen molar-refractivity contribution < 1.29 is 8.42 Å². The zero-order valence-electron chi connectivity index (χ0n) is 12.6. The van der Waals surface area contributed by atoms with Gasteiger partial charge in [0.15, 0.2) is 0 Å². The van der Waals surface area contributed by atoms with Gasteiger partial charge in [0.2, 0.25) is 10.0 Å². The average molecular weight is 311 g/mol. The summed E-state index contributed by atoms with van der Waals surface area (Å²) in [6, 6.07) is 5.69. The third kappa shape index (κ3) is 4.51. The smallest absolute Gasteiger partial charge is 0.240 e. The molecule has 1 aliphatic heterocycles. The third-order valence-corrected chi connectivity index (χ3v) is 5.27. The van der Waals surface area contributed by atoms with E-state index >= 15 is 0 Å². The molecule has 1 heterocycles. The Labute approximate surface area is 127 Å². The van der Waals surface area contributed by atoms with Crippen molar-refractivity contribution in [2.24, 2.45) is 5.73 Å². The molecule has 1 aromatic rings. The summed E-state index contributed by atoms with van der Waals surface area (Å²) in [5.41, 5.74) is 7.65. The number of nitrogens with one attached hydrogen (secondary N) is 2. The third-order valence-electron chi connectivity index (χ3n) is 3.77. The monoisotopic (exact) mass is 311 g/mol. The molecule has 0 unspecified atom stereocenters. The molecule has 1 fully saturated rings.